The molecule has 0 radical (unpaired) electrons. The Balaban J connectivity index is 2.29. The Morgan fingerprint density at radius 2 is 2.00 bits per heavy atom. The summed E-state index contributed by atoms with van der Waals surface area (Å²) in [5.41, 5.74) is 0.721. The molecule has 0 heterocycles. The number of esters is 1. The first kappa shape index (κ1) is 16.9. The SMILES string of the molecule is CCOC(=O)/C=C/c1ccc(OC)cc1Oc1cccc(Cl)c1. The molecular formula is C18H17ClO4. The Kier molecular flexibility index (Phi) is 6.06. The number of ether oxygens (including phenoxy) is 3. The van der Waals surface area contributed by atoms with Crippen LogP contribution in [0.1, 0.15) is 12.5 Å². The molecule has 2 aromatic carbocycles. The Labute approximate surface area is 140 Å². The molecule has 0 N–H and O–H groups in total. The molecule has 0 aliphatic rings. The summed E-state index contributed by atoms with van der Waals surface area (Å²) in [6, 6.07) is 12.4. The monoisotopic (exact) mass is 332 g/mol. The van der Waals surface area contributed by atoms with E-state index in [1.54, 1.807) is 62.6 Å². The number of carbonyl (C=O) groups excluding carboxylic acids is 1. The van der Waals surface area contributed by atoms with Crippen LogP contribution in [0.5, 0.6) is 17.2 Å². The van der Waals surface area contributed by atoms with Crippen LogP contribution >= 0.6 is 11.6 Å². The molecule has 0 unspecified atom stereocenters. The highest BCUT2D eigenvalue weighted by Crippen LogP contribution is 2.31. The third kappa shape index (κ3) is 5.04. The number of rotatable bonds is 6. The second-order valence-corrected chi connectivity index (χ2v) is 4.99. The molecule has 0 fully saturated rings. The average Bonchev–Trinajstić information content (AvgIpc) is 2.54. The first-order valence-corrected chi connectivity index (χ1v) is 7.46. The zero-order valence-corrected chi connectivity index (χ0v) is 13.7. The molecule has 0 aromatic heterocycles. The van der Waals surface area contributed by atoms with E-state index in [2.05, 4.69) is 0 Å². The summed E-state index contributed by atoms with van der Waals surface area (Å²) < 4.78 is 15.9. The molecule has 120 valence electrons. The lowest BCUT2D eigenvalue weighted by Crippen LogP contribution is -1.98. The van der Waals surface area contributed by atoms with Gasteiger partial charge in [0.05, 0.1) is 13.7 Å². The van der Waals surface area contributed by atoms with Gasteiger partial charge in [0, 0.05) is 22.7 Å². The fourth-order valence-corrected chi connectivity index (χ4v) is 2.05. The van der Waals surface area contributed by atoms with Crippen molar-refractivity contribution in [2.45, 2.75) is 6.92 Å². The maximum Gasteiger partial charge on any atom is 0.330 e. The minimum absolute atomic E-state index is 0.331. The smallest absolute Gasteiger partial charge is 0.330 e. The van der Waals surface area contributed by atoms with Crippen LogP contribution in [-0.4, -0.2) is 19.7 Å². The molecule has 0 bridgehead atoms. The Bertz CT molecular complexity index is 710. The summed E-state index contributed by atoms with van der Waals surface area (Å²) in [5.74, 6) is 1.39. The van der Waals surface area contributed by atoms with Crippen LogP contribution in [0.2, 0.25) is 5.02 Å². The van der Waals surface area contributed by atoms with Gasteiger partial charge in [-0.2, -0.15) is 0 Å². The van der Waals surface area contributed by atoms with Gasteiger partial charge in [-0.15, -0.1) is 0 Å². The Morgan fingerprint density at radius 3 is 2.70 bits per heavy atom. The van der Waals surface area contributed by atoms with Crippen molar-refractivity contribution in [3.63, 3.8) is 0 Å². The normalized spacial score (nSPS) is 10.6. The van der Waals surface area contributed by atoms with E-state index < -0.39 is 5.97 Å². The van der Waals surface area contributed by atoms with Crippen molar-refractivity contribution in [3.05, 3.63) is 59.1 Å². The molecule has 23 heavy (non-hydrogen) atoms. The van der Waals surface area contributed by atoms with Gasteiger partial charge in [-0.05, 0) is 43.3 Å². The van der Waals surface area contributed by atoms with Crippen molar-refractivity contribution >= 4 is 23.6 Å². The van der Waals surface area contributed by atoms with Crippen LogP contribution in [0.4, 0.5) is 0 Å². The van der Waals surface area contributed by atoms with Crippen LogP contribution in [0.3, 0.4) is 0 Å². The maximum absolute atomic E-state index is 11.5. The fraction of sp³-hybridized carbons (Fsp3) is 0.167. The van der Waals surface area contributed by atoms with Gasteiger partial charge >= 0.3 is 5.97 Å². The van der Waals surface area contributed by atoms with Gasteiger partial charge < -0.3 is 14.2 Å². The van der Waals surface area contributed by atoms with Gasteiger partial charge in [-0.3, -0.25) is 0 Å². The van der Waals surface area contributed by atoms with E-state index in [0.717, 1.165) is 5.56 Å². The van der Waals surface area contributed by atoms with Gasteiger partial charge in [0.1, 0.15) is 17.2 Å². The van der Waals surface area contributed by atoms with E-state index in [9.17, 15) is 4.79 Å². The van der Waals surface area contributed by atoms with E-state index in [1.165, 1.54) is 6.08 Å². The van der Waals surface area contributed by atoms with Crippen LogP contribution in [-0.2, 0) is 9.53 Å². The van der Waals surface area contributed by atoms with Gasteiger partial charge in [0.25, 0.3) is 0 Å². The summed E-state index contributed by atoms with van der Waals surface area (Å²) in [5, 5.41) is 0.578. The maximum atomic E-state index is 11.5. The van der Waals surface area contributed by atoms with Crippen molar-refractivity contribution in [3.8, 4) is 17.2 Å². The van der Waals surface area contributed by atoms with E-state index in [4.69, 9.17) is 25.8 Å². The van der Waals surface area contributed by atoms with Crippen LogP contribution in [0, 0.1) is 0 Å². The van der Waals surface area contributed by atoms with Crippen molar-refractivity contribution in [1.82, 2.24) is 0 Å². The summed E-state index contributed by atoms with van der Waals surface area (Å²) >= 11 is 5.97. The lowest BCUT2D eigenvalue weighted by atomic mass is 10.1. The predicted molar refractivity (Wildman–Crippen MR) is 90.2 cm³/mol. The van der Waals surface area contributed by atoms with Gasteiger partial charge in [0.15, 0.2) is 0 Å². The molecular weight excluding hydrogens is 316 g/mol. The van der Waals surface area contributed by atoms with Crippen LogP contribution in [0.15, 0.2) is 48.5 Å². The highest BCUT2D eigenvalue weighted by atomic mass is 35.5. The van der Waals surface area contributed by atoms with Gasteiger partial charge in [0.2, 0.25) is 0 Å². The number of methoxy groups -OCH3 is 1. The topological polar surface area (TPSA) is 44.8 Å². The molecule has 2 rings (SSSR count). The molecule has 0 aliphatic heterocycles. The van der Waals surface area contributed by atoms with Crippen molar-refractivity contribution in [2.24, 2.45) is 0 Å². The first-order valence-electron chi connectivity index (χ1n) is 7.08. The summed E-state index contributed by atoms with van der Waals surface area (Å²) in [6.45, 7) is 2.09. The average molecular weight is 333 g/mol. The number of carbonyl (C=O) groups is 1. The predicted octanol–water partition coefficient (Wildman–Crippen LogP) is 4.72. The lowest BCUT2D eigenvalue weighted by Gasteiger charge is -2.11. The second kappa shape index (κ2) is 8.25. The highest BCUT2D eigenvalue weighted by molar-refractivity contribution is 6.30. The summed E-state index contributed by atoms with van der Waals surface area (Å²) in [6.07, 6.45) is 2.99. The largest absolute Gasteiger partial charge is 0.497 e. The van der Waals surface area contributed by atoms with Crippen molar-refractivity contribution < 1.29 is 19.0 Å². The number of benzene rings is 2. The van der Waals surface area contributed by atoms with E-state index >= 15 is 0 Å². The van der Waals surface area contributed by atoms with Crippen molar-refractivity contribution in [1.29, 1.82) is 0 Å². The molecule has 5 heteroatoms. The van der Waals surface area contributed by atoms with E-state index in [1.807, 2.05) is 0 Å². The summed E-state index contributed by atoms with van der Waals surface area (Å²) in [7, 11) is 1.58. The molecule has 0 saturated carbocycles. The Hall–Kier alpha value is -2.46. The number of halogens is 1. The van der Waals surface area contributed by atoms with Crippen molar-refractivity contribution in [2.75, 3.05) is 13.7 Å². The minimum Gasteiger partial charge on any atom is -0.497 e. The van der Waals surface area contributed by atoms with E-state index in [0.29, 0.717) is 28.9 Å². The fourth-order valence-electron chi connectivity index (χ4n) is 1.87. The molecule has 0 atom stereocenters. The van der Waals surface area contributed by atoms with Crippen LogP contribution in [0.25, 0.3) is 6.08 Å². The standard InChI is InChI=1S/C18H17ClO4/c1-3-22-18(20)10-8-13-7-9-15(21-2)12-17(13)23-16-6-4-5-14(19)11-16/h4-12H,3H2,1-2H3/b10-8+. The summed E-state index contributed by atoms with van der Waals surface area (Å²) in [4.78, 5) is 11.5. The zero-order valence-electron chi connectivity index (χ0n) is 12.9. The number of hydrogen-bond donors (Lipinski definition) is 0. The number of hydrogen-bond acceptors (Lipinski definition) is 4. The Morgan fingerprint density at radius 1 is 1.17 bits per heavy atom. The van der Waals surface area contributed by atoms with Gasteiger partial charge in [-0.1, -0.05) is 17.7 Å². The quantitative estimate of drug-likeness (QED) is 0.567. The van der Waals surface area contributed by atoms with Crippen LogP contribution < -0.4 is 9.47 Å². The molecule has 2 aromatic rings. The molecule has 4 nitrogen and oxygen atoms in total. The first-order chi connectivity index (χ1) is 11.1. The molecule has 0 spiro atoms. The van der Waals surface area contributed by atoms with Gasteiger partial charge in [-0.25, -0.2) is 4.79 Å². The minimum atomic E-state index is -0.406. The molecule has 0 saturated heterocycles. The zero-order chi connectivity index (χ0) is 16.7. The molecule has 0 aliphatic carbocycles. The van der Waals surface area contributed by atoms with E-state index in [-0.39, 0.29) is 0 Å². The highest BCUT2D eigenvalue weighted by Gasteiger charge is 2.07. The molecule has 0 amide bonds. The lowest BCUT2D eigenvalue weighted by molar-refractivity contribution is -0.137. The third-order valence-electron chi connectivity index (χ3n) is 2.93. The second-order valence-electron chi connectivity index (χ2n) is 4.55. The third-order valence-corrected chi connectivity index (χ3v) is 3.17.